The Morgan fingerprint density at radius 2 is 2.15 bits per heavy atom. The summed E-state index contributed by atoms with van der Waals surface area (Å²) in [5, 5.41) is 0. The summed E-state index contributed by atoms with van der Waals surface area (Å²) >= 11 is 0. The van der Waals surface area contributed by atoms with Crippen LogP contribution in [0, 0.1) is 0 Å². The largest absolute Gasteiger partial charge is 0.495 e. The Morgan fingerprint density at radius 3 is 2.85 bits per heavy atom. The fraction of sp³-hybridized carbons (Fsp3) is 0.125. The maximum atomic E-state index is 11.0. The Bertz CT molecular complexity index is 399. The van der Waals surface area contributed by atoms with Gasteiger partial charge in [0.05, 0.1) is 18.9 Å². The first-order valence-electron chi connectivity index (χ1n) is 3.53. The fourth-order valence-corrected chi connectivity index (χ4v) is 1.06. The van der Waals surface area contributed by atoms with Crippen LogP contribution in [0.2, 0.25) is 0 Å². The molecule has 0 N–H and O–H groups in total. The predicted octanol–water partition coefficient (Wildman–Crippen LogP) is 0.401. The number of fused-ring (bicyclic) bond motifs is 1. The molecule has 13 heavy (non-hydrogen) atoms. The molecule has 1 aromatic rings. The van der Waals surface area contributed by atoms with Crippen LogP contribution in [0.3, 0.4) is 0 Å². The van der Waals surface area contributed by atoms with Crippen molar-refractivity contribution in [2.45, 2.75) is 0 Å². The first kappa shape index (κ1) is 7.72. The maximum Gasteiger partial charge on any atom is 0.365 e. The van der Waals surface area contributed by atoms with Crippen LogP contribution in [0.5, 0.6) is 5.75 Å². The van der Waals surface area contributed by atoms with Gasteiger partial charge in [-0.1, -0.05) is 0 Å². The number of pyridine rings is 1. The van der Waals surface area contributed by atoms with Crippen molar-refractivity contribution in [2.24, 2.45) is 0 Å². The van der Waals surface area contributed by atoms with Gasteiger partial charge in [-0.2, -0.15) is 0 Å². The Labute approximate surface area is 73.3 Å². The summed E-state index contributed by atoms with van der Waals surface area (Å²) in [5.41, 5.74) is 0.204. The van der Waals surface area contributed by atoms with Gasteiger partial charge in [0.25, 0.3) is 0 Å². The molecule has 0 fully saturated rings. The Morgan fingerprint density at radius 1 is 1.38 bits per heavy atom. The zero-order chi connectivity index (χ0) is 9.42. The SMILES string of the molecule is COc1cnc2c(c1)C(=O)OC2=O. The van der Waals surface area contributed by atoms with E-state index in [1.54, 1.807) is 0 Å². The van der Waals surface area contributed by atoms with Gasteiger partial charge in [-0.05, 0) is 6.07 Å². The number of hydrogen-bond acceptors (Lipinski definition) is 5. The Kier molecular flexibility index (Phi) is 1.51. The second kappa shape index (κ2) is 2.55. The summed E-state index contributed by atoms with van der Waals surface area (Å²) in [7, 11) is 1.45. The van der Waals surface area contributed by atoms with Crippen LogP contribution in [-0.4, -0.2) is 24.0 Å². The molecule has 5 nitrogen and oxygen atoms in total. The van der Waals surface area contributed by atoms with Crippen LogP contribution >= 0.6 is 0 Å². The zero-order valence-corrected chi connectivity index (χ0v) is 6.73. The molecule has 66 valence electrons. The van der Waals surface area contributed by atoms with Gasteiger partial charge < -0.3 is 9.47 Å². The predicted molar refractivity (Wildman–Crippen MR) is 40.5 cm³/mol. The molecule has 0 unspecified atom stereocenters. The van der Waals surface area contributed by atoms with Crippen LogP contribution in [0.1, 0.15) is 20.8 Å². The van der Waals surface area contributed by atoms with Gasteiger partial charge in [0.2, 0.25) is 0 Å². The molecule has 0 aromatic carbocycles. The average molecular weight is 179 g/mol. The van der Waals surface area contributed by atoms with E-state index in [9.17, 15) is 9.59 Å². The van der Waals surface area contributed by atoms with E-state index in [0.29, 0.717) is 5.75 Å². The lowest BCUT2D eigenvalue weighted by Crippen LogP contribution is -1.97. The molecule has 0 spiro atoms. The van der Waals surface area contributed by atoms with Gasteiger partial charge in [-0.25, -0.2) is 14.6 Å². The second-order valence-corrected chi connectivity index (χ2v) is 2.45. The van der Waals surface area contributed by atoms with Gasteiger partial charge >= 0.3 is 11.9 Å². The Hall–Kier alpha value is -1.91. The minimum absolute atomic E-state index is 0.0470. The van der Waals surface area contributed by atoms with E-state index < -0.39 is 11.9 Å². The van der Waals surface area contributed by atoms with Gasteiger partial charge in [0.1, 0.15) is 5.75 Å². The van der Waals surface area contributed by atoms with Crippen LogP contribution in [0.4, 0.5) is 0 Å². The van der Waals surface area contributed by atoms with Crippen molar-refractivity contribution >= 4 is 11.9 Å². The molecule has 0 aliphatic carbocycles. The summed E-state index contributed by atoms with van der Waals surface area (Å²) in [6.07, 6.45) is 1.36. The summed E-state index contributed by atoms with van der Waals surface area (Å²) in [5.74, 6) is -0.959. The van der Waals surface area contributed by atoms with Crippen molar-refractivity contribution in [1.29, 1.82) is 0 Å². The number of carbonyl (C=O) groups excluding carboxylic acids is 2. The molecule has 0 saturated carbocycles. The molecular formula is C8H5NO4. The average Bonchev–Trinajstić information content (AvgIpc) is 2.42. The number of cyclic esters (lactones) is 2. The van der Waals surface area contributed by atoms with Crippen molar-refractivity contribution in [3.63, 3.8) is 0 Å². The van der Waals surface area contributed by atoms with E-state index in [-0.39, 0.29) is 11.3 Å². The number of methoxy groups -OCH3 is 1. The lowest BCUT2D eigenvalue weighted by molar-refractivity contribution is 0.0441. The van der Waals surface area contributed by atoms with Crippen molar-refractivity contribution in [2.75, 3.05) is 7.11 Å². The summed E-state index contributed by atoms with van der Waals surface area (Å²) in [4.78, 5) is 25.7. The topological polar surface area (TPSA) is 65.5 Å². The van der Waals surface area contributed by atoms with Gasteiger partial charge in [-0.15, -0.1) is 0 Å². The molecule has 0 amide bonds. The van der Waals surface area contributed by atoms with Crippen LogP contribution in [0.25, 0.3) is 0 Å². The lowest BCUT2D eigenvalue weighted by atomic mass is 10.2. The zero-order valence-electron chi connectivity index (χ0n) is 6.73. The number of hydrogen-bond donors (Lipinski definition) is 0. The Balaban J connectivity index is 2.58. The van der Waals surface area contributed by atoms with E-state index in [1.165, 1.54) is 19.4 Å². The molecule has 0 radical (unpaired) electrons. The lowest BCUT2D eigenvalue weighted by Gasteiger charge is -1.97. The number of nitrogens with zero attached hydrogens (tertiary/aromatic N) is 1. The second-order valence-electron chi connectivity index (χ2n) is 2.45. The molecule has 5 heteroatoms. The van der Waals surface area contributed by atoms with E-state index in [4.69, 9.17) is 4.74 Å². The van der Waals surface area contributed by atoms with E-state index in [0.717, 1.165) is 0 Å². The minimum Gasteiger partial charge on any atom is -0.495 e. The summed E-state index contributed by atoms with van der Waals surface area (Å²) in [6, 6.07) is 1.43. The minimum atomic E-state index is -0.706. The van der Waals surface area contributed by atoms with Crippen LogP contribution in [-0.2, 0) is 4.74 Å². The van der Waals surface area contributed by atoms with Crippen molar-refractivity contribution in [3.8, 4) is 5.75 Å². The number of esters is 2. The number of carbonyl (C=O) groups is 2. The molecule has 1 aliphatic heterocycles. The normalized spacial score (nSPS) is 13.9. The van der Waals surface area contributed by atoms with Crippen molar-refractivity contribution < 1.29 is 19.1 Å². The van der Waals surface area contributed by atoms with Gasteiger partial charge in [0, 0.05) is 0 Å². The van der Waals surface area contributed by atoms with Crippen LogP contribution in [0.15, 0.2) is 12.3 Å². The van der Waals surface area contributed by atoms with E-state index >= 15 is 0 Å². The highest BCUT2D eigenvalue weighted by Crippen LogP contribution is 2.21. The number of aromatic nitrogens is 1. The van der Waals surface area contributed by atoms with E-state index in [1.807, 2.05) is 0 Å². The third-order valence-electron chi connectivity index (χ3n) is 1.70. The highest BCUT2D eigenvalue weighted by molar-refractivity contribution is 6.13. The molecule has 2 rings (SSSR count). The van der Waals surface area contributed by atoms with Gasteiger partial charge in [-0.3, -0.25) is 0 Å². The molecule has 1 aliphatic rings. The smallest absolute Gasteiger partial charge is 0.365 e. The van der Waals surface area contributed by atoms with Crippen molar-refractivity contribution in [1.82, 2.24) is 4.98 Å². The highest BCUT2D eigenvalue weighted by atomic mass is 16.6. The van der Waals surface area contributed by atoms with Crippen molar-refractivity contribution in [3.05, 3.63) is 23.5 Å². The first-order valence-corrected chi connectivity index (χ1v) is 3.53. The first-order chi connectivity index (χ1) is 6.22. The number of rotatable bonds is 1. The quantitative estimate of drug-likeness (QED) is 0.461. The fourth-order valence-electron chi connectivity index (χ4n) is 1.06. The molecule has 0 bridgehead atoms. The van der Waals surface area contributed by atoms with E-state index in [2.05, 4.69) is 9.72 Å². The monoisotopic (exact) mass is 179 g/mol. The molecule has 0 atom stereocenters. The molecule has 0 saturated heterocycles. The summed E-state index contributed by atoms with van der Waals surface area (Å²) < 4.78 is 9.18. The van der Waals surface area contributed by atoms with Crippen LogP contribution < -0.4 is 4.74 Å². The maximum absolute atomic E-state index is 11.0. The standard InChI is InChI=1S/C8H5NO4/c1-12-4-2-5-6(9-3-4)8(11)13-7(5)10/h2-3H,1H3. The summed E-state index contributed by atoms with van der Waals surface area (Å²) in [6.45, 7) is 0. The molecular weight excluding hydrogens is 174 g/mol. The molecule has 2 heterocycles. The molecule has 1 aromatic heterocycles. The highest BCUT2D eigenvalue weighted by Gasteiger charge is 2.31. The number of ether oxygens (including phenoxy) is 2. The third kappa shape index (κ3) is 1.05. The third-order valence-corrected chi connectivity index (χ3v) is 1.70. The van der Waals surface area contributed by atoms with Gasteiger partial charge in [0.15, 0.2) is 5.69 Å².